The molecule has 0 radical (unpaired) electrons. The van der Waals surface area contributed by atoms with Crippen LogP contribution in [-0.2, 0) is 15.8 Å². The molecule has 0 unspecified atom stereocenters. The van der Waals surface area contributed by atoms with Crippen LogP contribution in [0.25, 0.3) is 0 Å². The van der Waals surface area contributed by atoms with E-state index in [0.717, 1.165) is 11.1 Å². The van der Waals surface area contributed by atoms with Gasteiger partial charge in [-0.15, -0.1) is 0 Å². The van der Waals surface area contributed by atoms with Crippen LogP contribution in [0.3, 0.4) is 0 Å². The Morgan fingerprint density at radius 3 is 2.62 bits per heavy atom. The van der Waals surface area contributed by atoms with Crippen molar-refractivity contribution in [1.82, 2.24) is 14.4 Å². The van der Waals surface area contributed by atoms with Crippen LogP contribution in [0.15, 0.2) is 34.9 Å². The van der Waals surface area contributed by atoms with Crippen LogP contribution in [0.1, 0.15) is 33.8 Å². The van der Waals surface area contributed by atoms with Gasteiger partial charge in [0.1, 0.15) is 5.76 Å². The average molecular weight is 377 g/mol. The van der Waals surface area contributed by atoms with E-state index in [9.17, 15) is 13.2 Å². The van der Waals surface area contributed by atoms with Crippen LogP contribution < -0.4 is 0 Å². The lowest BCUT2D eigenvalue weighted by Gasteiger charge is -2.21. The molecule has 0 saturated carbocycles. The van der Waals surface area contributed by atoms with Crippen LogP contribution in [0, 0.1) is 13.8 Å². The van der Waals surface area contributed by atoms with Gasteiger partial charge in [0.25, 0.3) is 5.91 Å². The first kappa shape index (κ1) is 18.6. The van der Waals surface area contributed by atoms with Crippen molar-refractivity contribution >= 4 is 15.9 Å². The fourth-order valence-corrected chi connectivity index (χ4v) is 4.73. The van der Waals surface area contributed by atoms with Gasteiger partial charge in [0, 0.05) is 32.2 Å². The fraction of sp³-hybridized carbons (Fsp3) is 0.444. The predicted molar refractivity (Wildman–Crippen MR) is 97.1 cm³/mol. The number of aromatic nitrogens is 1. The summed E-state index contributed by atoms with van der Waals surface area (Å²) in [6.07, 6.45) is 0.593. The number of rotatable bonds is 4. The molecule has 26 heavy (non-hydrogen) atoms. The number of nitrogens with zero attached hydrogens (tertiary/aromatic N) is 3. The molecular formula is C18H23N3O4S. The topological polar surface area (TPSA) is 83.7 Å². The molecular weight excluding hydrogens is 354 g/mol. The van der Waals surface area contributed by atoms with E-state index in [-0.39, 0.29) is 23.9 Å². The second-order valence-corrected chi connectivity index (χ2v) is 8.52. The maximum Gasteiger partial charge on any atom is 0.276 e. The summed E-state index contributed by atoms with van der Waals surface area (Å²) in [5.74, 6) is 0.335. The number of amides is 1. The second kappa shape index (κ2) is 7.59. The Hall–Kier alpha value is -2.19. The molecule has 1 aromatic heterocycles. The molecule has 1 saturated heterocycles. The Morgan fingerprint density at radius 2 is 1.92 bits per heavy atom. The summed E-state index contributed by atoms with van der Waals surface area (Å²) in [6, 6.07) is 9.09. The lowest BCUT2D eigenvalue weighted by molar-refractivity contribution is 0.0754. The molecule has 1 aliphatic rings. The molecule has 1 amide bonds. The molecule has 7 nitrogen and oxygen atoms in total. The van der Waals surface area contributed by atoms with Crippen LogP contribution in [0.4, 0.5) is 0 Å². The number of aryl methyl sites for hydroxylation is 2. The van der Waals surface area contributed by atoms with E-state index < -0.39 is 10.0 Å². The van der Waals surface area contributed by atoms with E-state index >= 15 is 0 Å². The molecule has 1 fully saturated rings. The molecule has 140 valence electrons. The van der Waals surface area contributed by atoms with Gasteiger partial charge in [-0.2, -0.15) is 4.31 Å². The smallest absolute Gasteiger partial charge is 0.276 e. The average Bonchev–Trinajstić information content (AvgIpc) is 2.88. The van der Waals surface area contributed by atoms with Gasteiger partial charge in [0.2, 0.25) is 10.0 Å². The summed E-state index contributed by atoms with van der Waals surface area (Å²) in [5.41, 5.74) is 2.03. The molecule has 2 heterocycles. The Kier molecular flexibility index (Phi) is 5.43. The highest BCUT2D eigenvalue weighted by Crippen LogP contribution is 2.17. The summed E-state index contributed by atoms with van der Waals surface area (Å²) in [7, 11) is -3.43. The van der Waals surface area contributed by atoms with Crippen molar-refractivity contribution in [3.63, 3.8) is 0 Å². The van der Waals surface area contributed by atoms with Gasteiger partial charge in [0.15, 0.2) is 5.69 Å². The van der Waals surface area contributed by atoms with E-state index in [4.69, 9.17) is 4.52 Å². The first-order valence-electron chi connectivity index (χ1n) is 8.62. The lowest BCUT2D eigenvalue weighted by Crippen LogP contribution is -2.38. The maximum atomic E-state index is 12.8. The third-order valence-corrected chi connectivity index (χ3v) is 6.41. The third kappa shape index (κ3) is 4.13. The zero-order valence-corrected chi connectivity index (χ0v) is 15.8. The summed E-state index contributed by atoms with van der Waals surface area (Å²) in [5, 5.41) is 3.76. The minimum atomic E-state index is -3.43. The minimum absolute atomic E-state index is 0.0178. The number of carbonyl (C=O) groups is 1. The molecule has 0 atom stereocenters. The van der Waals surface area contributed by atoms with E-state index in [0.29, 0.717) is 31.8 Å². The molecule has 1 aliphatic heterocycles. The number of benzene rings is 1. The van der Waals surface area contributed by atoms with Gasteiger partial charge in [-0.25, -0.2) is 8.42 Å². The zero-order chi connectivity index (χ0) is 18.7. The highest BCUT2D eigenvalue weighted by molar-refractivity contribution is 7.88. The van der Waals surface area contributed by atoms with Crippen molar-refractivity contribution in [1.29, 1.82) is 0 Å². The third-order valence-electron chi connectivity index (χ3n) is 4.58. The van der Waals surface area contributed by atoms with Crippen LogP contribution >= 0.6 is 0 Å². The van der Waals surface area contributed by atoms with Gasteiger partial charge >= 0.3 is 0 Å². The van der Waals surface area contributed by atoms with Crippen molar-refractivity contribution in [2.45, 2.75) is 26.0 Å². The number of hydrogen-bond acceptors (Lipinski definition) is 5. The van der Waals surface area contributed by atoms with Crippen molar-refractivity contribution < 1.29 is 17.7 Å². The summed E-state index contributed by atoms with van der Waals surface area (Å²) >= 11 is 0. The fourth-order valence-electron chi connectivity index (χ4n) is 3.06. The first-order chi connectivity index (χ1) is 12.4. The SMILES string of the molecule is Cc1cc(C(=O)N2CCCN(S(=O)(=O)Cc3ccccc3C)CC2)no1. The summed E-state index contributed by atoms with van der Waals surface area (Å²) in [6.45, 7) is 5.19. The van der Waals surface area contributed by atoms with E-state index in [1.165, 1.54) is 4.31 Å². The Morgan fingerprint density at radius 1 is 1.15 bits per heavy atom. The van der Waals surface area contributed by atoms with Crippen molar-refractivity contribution in [3.05, 3.63) is 52.9 Å². The quantitative estimate of drug-likeness (QED) is 0.813. The first-order valence-corrected chi connectivity index (χ1v) is 10.2. The standard InChI is InChI=1S/C18H23N3O4S/c1-14-6-3-4-7-16(14)13-26(23,24)21-9-5-8-20(10-11-21)18(22)17-12-15(2)25-19-17/h3-4,6-7,12H,5,8-11,13H2,1-2H3. The highest BCUT2D eigenvalue weighted by Gasteiger charge is 2.28. The molecule has 0 N–H and O–H groups in total. The van der Waals surface area contributed by atoms with Crippen molar-refractivity contribution in [2.75, 3.05) is 26.2 Å². The predicted octanol–water partition coefficient (Wildman–Crippen LogP) is 1.97. The zero-order valence-electron chi connectivity index (χ0n) is 15.0. The minimum Gasteiger partial charge on any atom is -0.361 e. The molecule has 0 bridgehead atoms. The maximum absolute atomic E-state index is 12.8. The van der Waals surface area contributed by atoms with E-state index in [1.54, 1.807) is 17.9 Å². The Labute approximate surface area is 153 Å². The molecule has 2 aromatic rings. The van der Waals surface area contributed by atoms with Gasteiger partial charge in [-0.1, -0.05) is 29.4 Å². The number of carbonyl (C=O) groups excluding carboxylic acids is 1. The molecule has 3 rings (SSSR count). The number of hydrogen-bond donors (Lipinski definition) is 0. The van der Waals surface area contributed by atoms with E-state index in [1.807, 2.05) is 31.2 Å². The molecule has 0 aliphatic carbocycles. The molecule has 8 heteroatoms. The van der Waals surface area contributed by atoms with Gasteiger partial charge < -0.3 is 9.42 Å². The molecule has 0 spiro atoms. The second-order valence-electron chi connectivity index (χ2n) is 6.55. The highest BCUT2D eigenvalue weighted by atomic mass is 32.2. The van der Waals surface area contributed by atoms with Crippen molar-refractivity contribution in [2.24, 2.45) is 0 Å². The van der Waals surface area contributed by atoms with E-state index in [2.05, 4.69) is 5.16 Å². The number of sulfonamides is 1. The van der Waals surface area contributed by atoms with Gasteiger partial charge in [-0.3, -0.25) is 4.79 Å². The monoisotopic (exact) mass is 377 g/mol. The van der Waals surface area contributed by atoms with Crippen LogP contribution in [0.2, 0.25) is 0 Å². The van der Waals surface area contributed by atoms with Crippen molar-refractivity contribution in [3.8, 4) is 0 Å². The van der Waals surface area contributed by atoms with Crippen LogP contribution in [0.5, 0.6) is 0 Å². The lowest BCUT2D eigenvalue weighted by atomic mass is 10.1. The summed E-state index contributed by atoms with van der Waals surface area (Å²) in [4.78, 5) is 14.1. The Balaban J connectivity index is 1.68. The largest absolute Gasteiger partial charge is 0.361 e. The van der Waals surface area contributed by atoms with Gasteiger partial charge in [0.05, 0.1) is 5.75 Å². The Bertz CT molecular complexity index is 891. The summed E-state index contributed by atoms with van der Waals surface area (Å²) < 4.78 is 32.1. The van der Waals surface area contributed by atoms with Crippen LogP contribution in [-0.4, -0.2) is 54.9 Å². The molecule has 1 aromatic carbocycles. The normalized spacial score (nSPS) is 16.5. The van der Waals surface area contributed by atoms with Gasteiger partial charge in [-0.05, 0) is 31.4 Å².